The quantitative estimate of drug-likeness (QED) is 0.467. The van der Waals surface area contributed by atoms with Crippen LogP contribution in [0.5, 0.6) is 0 Å². The number of amides is 1. The van der Waals surface area contributed by atoms with Gasteiger partial charge >= 0.3 is 0 Å². The van der Waals surface area contributed by atoms with Crippen molar-refractivity contribution in [3.63, 3.8) is 0 Å². The molecule has 0 radical (unpaired) electrons. The third-order valence-electron chi connectivity index (χ3n) is 2.33. The molecule has 6 nitrogen and oxygen atoms in total. The van der Waals surface area contributed by atoms with Crippen LogP contribution in [0, 0.1) is 0 Å². The highest BCUT2D eigenvalue weighted by Gasteiger charge is 2.22. The molecule has 1 fully saturated rings. The number of nitrogens with one attached hydrogen (secondary N) is 1. The molecule has 1 aliphatic heterocycles. The fourth-order valence-electron chi connectivity index (χ4n) is 1.43. The Hall–Kier alpha value is -1.47. The number of nitrogens with zero attached hydrogens (tertiary/aromatic N) is 2. The lowest BCUT2D eigenvalue weighted by Gasteiger charge is -2.13. The van der Waals surface area contributed by atoms with Crippen LogP contribution in [0.3, 0.4) is 0 Å². The van der Waals surface area contributed by atoms with Gasteiger partial charge in [-0.2, -0.15) is 4.99 Å². The molecule has 112 valence electrons. The van der Waals surface area contributed by atoms with Crippen LogP contribution in [-0.2, 0) is 14.3 Å². The maximum Gasteiger partial charge on any atom is 0.244 e. The number of likely N-dealkylation sites (N-methyl/N-ethyl adjacent to an activating group) is 1. The van der Waals surface area contributed by atoms with E-state index in [9.17, 15) is 4.79 Å². The fourth-order valence-corrected chi connectivity index (χ4v) is 2.36. The minimum absolute atomic E-state index is 0.0000517. The maximum atomic E-state index is 11.0. The summed E-state index contributed by atoms with van der Waals surface area (Å²) >= 11 is 1.69. The van der Waals surface area contributed by atoms with E-state index in [0.29, 0.717) is 5.84 Å². The molecule has 20 heavy (non-hydrogen) atoms. The Bertz CT molecular complexity index is 408. The molecule has 1 unspecified atom stereocenters. The number of thioether (sulfide) groups is 1. The largest absolute Gasteiger partial charge is 0.505 e. The molecule has 0 aromatic carbocycles. The number of hydrogen-bond acceptors (Lipinski definition) is 5. The lowest BCUT2D eigenvalue weighted by Crippen LogP contribution is -2.28. The third kappa shape index (κ3) is 6.12. The van der Waals surface area contributed by atoms with E-state index in [2.05, 4.69) is 10.3 Å². The van der Waals surface area contributed by atoms with Crippen LogP contribution in [0.2, 0.25) is 0 Å². The zero-order valence-corrected chi connectivity index (χ0v) is 13.0. The highest BCUT2D eigenvalue weighted by molar-refractivity contribution is 8.00. The zero-order chi connectivity index (χ0) is 15.0. The van der Waals surface area contributed by atoms with Crippen molar-refractivity contribution in [2.75, 3.05) is 27.0 Å². The van der Waals surface area contributed by atoms with Gasteiger partial charge in [0.1, 0.15) is 17.5 Å². The molecule has 0 bridgehead atoms. The van der Waals surface area contributed by atoms with Gasteiger partial charge in [-0.15, -0.1) is 11.8 Å². The standard InChI is InChI=1S/C13H21N3O3S/c1-10(17)15-11(16(2)3)5-7-14-12-9-20-13(19-12)6-8-18-4/h5-8,12-14H,9H2,1-4H3/b7-5-,8-6+,15-11+/t12-,13?/m0/s1. The summed E-state index contributed by atoms with van der Waals surface area (Å²) in [5.41, 5.74) is 0.0000517. The van der Waals surface area contributed by atoms with Gasteiger partial charge in [-0.1, -0.05) is 0 Å². The number of hydrogen-bond donors (Lipinski definition) is 1. The van der Waals surface area contributed by atoms with Crippen LogP contribution in [-0.4, -0.2) is 55.3 Å². The van der Waals surface area contributed by atoms with Crippen LogP contribution in [0.1, 0.15) is 6.92 Å². The zero-order valence-electron chi connectivity index (χ0n) is 12.2. The molecule has 1 saturated heterocycles. The first-order valence-electron chi connectivity index (χ1n) is 6.18. The Morgan fingerprint density at radius 1 is 1.55 bits per heavy atom. The van der Waals surface area contributed by atoms with Gasteiger partial charge in [0, 0.05) is 33.0 Å². The van der Waals surface area contributed by atoms with Gasteiger partial charge in [0.05, 0.1) is 13.4 Å². The van der Waals surface area contributed by atoms with Gasteiger partial charge in [0.25, 0.3) is 0 Å². The van der Waals surface area contributed by atoms with Gasteiger partial charge in [0.2, 0.25) is 5.91 Å². The van der Waals surface area contributed by atoms with Crippen LogP contribution in [0.15, 0.2) is 29.6 Å². The van der Waals surface area contributed by atoms with Crippen molar-refractivity contribution in [1.29, 1.82) is 0 Å². The first-order valence-corrected chi connectivity index (χ1v) is 7.23. The van der Waals surface area contributed by atoms with E-state index in [1.165, 1.54) is 6.92 Å². The van der Waals surface area contributed by atoms with Gasteiger partial charge in [-0.05, 0) is 12.2 Å². The van der Waals surface area contributed by atoms with E-state index in [1.54, 1.807) is 42.3 Å². The van der Waals surface area contributed by atoms with Crippen molar-refractivity contribution in [2.24, 2.45) is 4.99 Å². The summed E-state index contributed by atoms with van der Waals surface area (Å²) in [6.45, 7) is 1.42. The van der Waals surface area contributed by atoms with E-state index >= 15 is 0 Å². The molecule has 1 rings (SSSR count). The second-order valence-electron chi connectivity index (χ2n) is 4.27. The Kier molecular flexibility index (Phi) is 7.17. The number of methoxy groups -OCH3 is 1. The second-order valence-corrected chi connectivity index (χ2v) is 5.41. The highest BCUT2D eigenvalue weighted by atomic mass is 32.2. The summed E-state index contributed by atoms with van der Waals surface area (Å²) in [5.74, 6) is 1.20. The first-order chi connectivity index (χ1) is 9.52. The Morgan fingerprint density at radius 3 is 2.90 bits per heavy atom. The van der Waals surface area contributed by atoms with Crippen LogP contribution in [0.4, 0.5) is 0 Å². The molecular formula is C13H21N3O3S. The molecule has 1 amide bonds. The van der Waals surface area contributed by atoms with E-state index in [-0.39, 0.29) is 17.6 Å². The third-order valence-corrected chi connectivity index (χ3v) is 3.42. The molecule has 1 aliphatic rings. The van der Waals surface area contributed by atoms with E-state index in [1.807, 2.05) is 20.2 Å². The monoisotopic (exact) mass is 299 g/mol. The van der Waals surface area contributed by atoms with Crippen molar-refractivity contribution < 1.29 is 14.3 Å². The Morgan fingerprint density at radius 2 is 2.30 bits per heavy atom. The topological polar surface area (TPSA) is 63.2 Å². The average Bonchev–Trinajstić information content (AvgIpc) is 2.82. The molecule has 7 heteroatoms. The number of amidine groups is 1. The maximum absolute atomic E-state index is 11.0. The van der Waals surface area contributed by atoms with E-state index < -0.39 is 0 Å². The molecular weight excluding hydrogens is 278 g/mol. The second kappa shape index (κ2) is 8.65. The van der Waals surface area contributed by atoms with Gasteiger partial charge in [0.15, 0.2) is 0 Å². The lowest BCUT2D eigenvalue weighted by molar-refractivity contribution is -0.115. The van der Waals surface area contributed by atoms with Crippen molar-refractivity contribution in [3.8, 4) is 0 Å². The Balaban J connectivity index is 2.45. The molecule has 0 saturated carbocycles. The summed E-state index contributed by atoms with van der Waals surface area (Å²) < 4.78 is 10.6. The molecule has 0 aromatic heterocycles. The van der Waals surface area contributed by atoms with Crippen molar-refractivity contribution in [2.45, 2.75) is 18.6 Å². The predicted octanol–water partition coefficient (Wildman–Crippen LogP) is 1.17. The van der Waals surface area contributed by atoms with Crippen LogP contribution in [0.25, 0.3) is 0 Å². The molecule has 1 N–H and O–H groups in total. The van der Waals surface area contributed by atoms with Crippen molar-refractivity contribution >= 4 is 23.5 Å². The normalized spacial score (nSPS) is 23.5. The first kappa shape index (κ1) is 16.6. The summed E-state index contributed by atoms with van der Waals surface area (Å²) in [6.07, 6.45) is 6.89. The van der Waals surface area contributed by atoms with Crippen molar-refractivity contribution in [3.05, 3.63) is 24.6 Å². The molecule has 0 aromatic rings. The molecule has 1 heterocycles. The highest BCUT2D eigenvalue weighted by Crippen LogP contribution is 2.24. The number of carbonyl (C=O) groups excluding carboxylic acids is 1. The Labute approximate surface area is 123 Å². The molecule has 2 atom stereocenters. The van der Waals surface area contributed by atoms with Crippen LogP contribution >= 0.6 is 11.8 Å². The summed E-state index contributed by atoms with van der Waals surface area (Å²) in [4.78, 5) is 16.7. The number of rotatable bonds is 5. The molecule has 0 spiro atoms. The van der Waals surface area contributed by atoms with Crippen molar-refractivity contribution in [1.82, 2.24) is 10.2 Å². The summed E-state index contributed by atoms with van der Waals surface area (Å²) in [7, 11) is 5.27. The minimum atomic E-state index is -0.226. The van der Waals surface area contributed by atoms with Gasteiger partial charge < -0.3 is 19.7 Å². The van der Waals surface area contributed by atoms with E-state index in [0.717, 1.165) is 5.75 Å². The smallest absolute Gasteiger partial charge is 0.244 e. The summed E-state index contributed by atoms with van der Waals surface area (Å²) in [6, 6.07) is 0. The lowest BCUT2D eigenvalue weighted by atomic mass is 10.5. The van der Waals surface area contributed by atoms with Gasteiger partial charge in [-0.25, -0.2) is 0 Å². The summed E-state index contributed by atoms with van der Waals surface area (Å²) in [5, 5.41) is 3.13. The van der Waals surface area contributed by atoms with Gasteiger partial charge in [-0.3, -0.25) is 4.79 Å². The average molecular weight is 299 g/mol. The van der Waals surface area contributed by atoms with E-state index in [4.69, 9.17) is 9.47 Å². The molecule has 0 aliphatic carbocycles. The predicted molar refractivity (Wildman–Crippen MR) is 81.3 cm³/mol. The number of ether oxygens (including phenoxy) is 2. The SMILES string of the molecule is CO/C=C/C1O[C@H](N/C=C\C(=N/C(C)=O)N(C)C)CS1. The number of carbonyl (C=O) groups is 1. The minimum Gasteiger partial charge on any atom is -0.505 e. The van der Waals surface area contributed by atoms with Crippen LogP contribution < -0.4 is 5.32 Å². The number of aliphatic imine (C=N–C) groups is 1. The fraction of sp³-hybridized carbons (Fsp3) is 0.538.